The van der Waals surface area contributed by atoms with Gasteiger partial charge < -0.3 is 15.7 Å². The molecule has 0 saturated carbocycles. The van der Waals surface area contributed by atoms with Gasteiger partial charge in [-0.1, -0.05) is 0 Å². The third-order valence-corrected chi connectivity index (χ3v) is 1.57. The van der Waals surface area contributed by atoms with E-state index >= 15 is 0 Å². The fourth-order valence-electron chi connectivity index (χ4n) is 1.01. The lowest BCUT2D eigenvalue weighted by Gasteiger charge is -2.07. The third kappa shape index (κ3) is 1.91. The number of carbonyl (C=O) groups is 2. The van der Waals surface area contributed by atoms with Crippen molar-refractivity contribution in [1.82, 2.24) is 10.6 Å². The Bertz CT molecular complexity index is 181. The molecule has 1 fully saturated rings. The molecule has 3 N–H and O–H groups in total. The molecule has 2 amide bonds. The first-order valence-electron chi connectivity index (χ1n) is 3.42. The lowest BCUT2D eigenvalue weighted by molar-refractivity contribution is -0.126. The van der Waals surface area contributed by atoms with Crippen LogP contribution in [0.5, 0.6) is 0 Å². The molecule has 1 aliphatic heterocycles. The summed E-state index contributed by atoms with van der Waals surface area (Å²) < 4.78 is 0. The van der Waals surface area contributed by atoms with Gasteiger partial charge in [-0.2, -0.15) is 0 Å². The number of carbonyl (C=O) groups excluding carboxylic acids is 2. The first-order valence-corrected chi connectivity index (χ1v) is 3.42. The fraction of sp³-hybridized carbons (Fsp3) is 0.667. The molecule has 62 valence electrons. The molecule has 1 atom stereocenters. The van der Waals surface area contributed by atoms with Gasteiger partial charge in [0.05, 0.1) is 0 Å². The van der Waals surface area contributed by atoms with Gasteiger partial charge in [-0.25, -0.2) is 0 Å². The van der Waals surface area contributed by atoms with Crippen LogP contribution < -0.4 is 10.6 Å². The molecule has 0 radical (unpaired) electrons. The molecule has 0 bridgehead atoms. The Balaban J connectivity index is 2.37. The molecule has 0 aromatic rings. The van der Waals surface area contributed by atoms with Crippen LogP contribution in [0.3, 0.4) is 0 Å². The molecular weight excluding hydrogens is 148 g/mol. The van der Waals surface area contributed by atoms with E-state index < -0.39 is 6.04 Å². The first-order chi connectivity index (χ1) is 5.24. The van der Waals surface area contributed by atoms with E-state index in [1.54, 1.807) is 0 Å². The molecule has 5 heteroatoms. The number of hydrogen-bond acceptors (Lipinski definition) is 3. The fourth-order valence-corrected chi connectivity index (χ4v) is 1.01. The average Bonchev–Trinajstić information content (AvgIpc) is 2.36. The van der Waals surface area contributed by atoms with E-state index in [0.717, 1.165) is 0 Å². The topological polar surface area (TPSA) is 78.4 Å². The molecule has 0 unspecified atom stereocenters. The Morgan fingerprint density at radius 1 is 1.82 bits per heavy atom. The van der Waals surface area contributed by atoms with Crippen molar-refractivity contribution in [2.45, 2.75) is 18.9 Å². The summed E-state index contributed by atoms with van der Waals surface area (Å²) in [6, 6.07) is -0.449. The maximum absolute atomic E-state index is 10.9. The van der Waals surface area contributed by atoms with E-state index in [1.165, 1.54) is 0 Å². The van der Waals surface area contributed by atoms with Gasteiger partial charge in [0.25, 0.3) is 0 Å². The standard InChI is InChI=1S/C6H10N2O3/c9-3-7-6(11)4-1-2-5(10)8-4/h4,9H,1-3H2,(H,7,11)(H,8,10)/t4-/m0/s1. The lowest BCUT2D eigenvalue weighted by atomic mass is 10.2. The van der Waals surface area contributed by atoms with Gasteiger partial charge in [-0.05, 0) is 6.42 Å². The largest absolute Gasteiger partial charge is 0.376 e. The highest BCUT2D eigenvalue weighted by atomic mass is 16.3. The van der Waals surface area contributed by atoms with Crippen LogP contribution in [0, 0.1) is 0 Å². The summed E-state index contributed by atoms with van der Waals surface area (Å²) in [5, 5.41) is 13.0. The molecule has 1 saturated heterocycles. The summed E-state index contributed by atoms with van der Waals surface area (Å²) in [6.45, 7) is -0.384. The number of aliphatic hydroxyl groups excluding tert-OH is 1. The van der Waals surface area contributed by atoms with E-state index in [-0.39, 0.29) is 18.5 Å². The monoisotopic (exact) mass is 158 g/mol. The van der Waals surface area contributed by atoms with Crippen LogP contribution in [0.4, 0.5) is 0 Å². The van der Waals surface area contributed by atoms with Crippen molar-refractivity contribution < 1.29 is 14.7 Å². The second kappa shape index (κ2) is 3.34. The zero-order valence-electron chi connectivity index (χ0n) is 5.96. The van der Waals surface area contributed by atoms with Crippen molar-refractivity contribution >= 4 is 11.8 Å². The maximum Gasteiger partial charge on any atom is 0.244 e. The summed E-state index contributed by atoms with van der Waals surface area (Å²) in [4.78, 5) is 21.5. The highest BCUT2D eigenvalue weighted by Gasteiger charge is 2.26. The molecule has 11 heavy (non-hydrogen) atoms. The zero-order valence-corrected chi connectivity index (χ0v) is 5.96. The van der Waals surface area contributed by atoms with Gasteiger partial charge in [-0.15, -0.1) is 0 Å². The Kier molecular flexibility index (Phi) is 2.43. The van der Waals surface area contributed by atoms with E-state index in [2.05, 4.69) is 10.6 Å². The highest BCUT2D eigenvalue weighted by molar-refractivity contribution is 5.90. The zero-order chi connectivity index (χ0) is 8.27. The van der Waals surface area contributed by atoms with E-state index in [4.69, 9.17) is 5.11 Å². The van der Waals surface area contributed by atoms with Gasteiger partial charge in [-0.3, -0.25) is 9.59 Å². The summed E-state index contributed by atoms with van der Waals surface area (Å²) >= 11 is 0. The SMILES string of the molecule is O=C1CC[C@@H](C(=O)NCO)N1. The van der Waals surface area contributed by atoms with Gasteiger partial charge in [0.2, 0.25) is 11.8 Å². The molecule has 1 rings (SSSR count). The second-order valence-corrected chi connectivity index (χ2v) is 2.36. The minimum atomic E-state index is -0.449. The van der Waals surface area contributed by atoms with Crippen LogP contribution in [0.25, 0.3) is 0 Å². The molecule has 0 aliphatic carbocycles. The summed E-state index contributed by atoms with van der Waals surface area (Å²) in [5.41, 5.74) is 0. The van der Waals surface area contributed by atoms with Crippen LogP contribution in [0.2, 0.25) is 0 Å². The molecule has 1 aliphatic rings. The van der Waals surface area contributed by atoms with Gasteiger partial charge in [0.1, 0.15) is 12.8 Å². The van der Waals surface area contributed by atoms with Crippen molar-refractivity contribution in [2.75, 3.05) is 6.73 Å². The van der Waals surface area contributed by atoms with Crippen LogP contribution >= 0.6 is 0 Å². The Morgan fingerprint density at radius 3 is 3.00 bits per heavy atom. The van der Waals surface area contributed by atoms with Crippen molar-refractivity contribution in [1.29, 1.82) is 0 Å². The van der Waals surface area contributed by atoms with Crippen molar-refractivity contribution in [3.63, 3.8) is 0 Å². The predicted molar refractivity (Wildman–Crippen MR) is 36.4 cm³/mol. The van der Waals surface area contributed by atoms with Gasteiger partial charge in [0, 0.05) is 6.42 Å². The van der Waals surface area contributed by atoms with E-state index in [9.17, 15) is 9.59 Å². The summed E-state index contributed by atoms with van der Waals surface area (Å²) in [5.74, 6) is -0.429. The molecule has 1 heterocycles. The van der Waals surface area contributed by atoms with E-state index in [1.807, 2.05) is 0 Å². The summed E-state index contributed by atoms with van der Waals surface area (Å²) in [7, 11) is 0. The van der Waals surface area contributed by atoms with Gasteiger partial charge in [0.15, 0.2) is 0 Å². The normalized spacial score (nSPS) is 23.0. The number of aliphatic hydroxyl groups is 1. The van der Waals surface area contributed by atoms with Crippen molar-refractivity contribution in [3.8, 4) is 0 Å². The lowest BCUT2D eigenvalue weighted by Crippen LogP contribution is -2.41. The second-order valence-electron chi connectivity index (χ2n) is 2.36. The Morgan fingerprint density at radius 2 is 2.55 bits per heavy atom. The molecule has 0 aromatic carbocycles. The minimum absolute atomic E-state index is 0.108. The molecule has 5 nitrogen and oxygen atoms in total. The van der Waals surface area contributed by atoms with Crippen molar-refractivity contribution in [3.05, 3.63) is 0 Å². The Hall–Kier alpha value is -1.10. The number of hydrogen-bond donors (Lipinski definition) is 3. The quantitative estimate of drug-likeness (QED) is 0.420. The predicted octanol–water partition coefficient (Wildman–Crippen LogP) is -1.67. The minimum Gasteiger partial charge on any atom is -0.376 e. The van der Waals surface area contributed by atoms with Gasteiger partial charge >= 0.3 is 0 Å². The summed E-state index contributed by atoms with van der Waals surface area (Å²) in [6.07, 6.45) is 0.911. The third-order valence-electron chi connectivity index (χ3n) is 1.57. The molecule has 0 spiro atoms. The van der Waals surface area contributed by atoms with Crippen LogP contribution in [0.1, 0.15) is 12.8 Å². The van der Waals surface area contributed by atoms with Crippen LogP contribution in [-0.4, -0.2) is 29.7 Å². The number of amides is 2. The van der Waals surface area contributed by atoms with Crippen molar-refractivity contribution in [2.24, 2.45) is 0 Å². The molecule has 0 aromatic heterocycles. The number of nitrogens with one attached hydrogen (secondary N) is 2. The van der Waals surface area contributed by atoms with Crippen LogP contribution in [-0.2, 0) is 9.59 Å². The first kappa shape index (κ1) is 8.00. The number of rotatable bonds is 2. The highest BCUT2D eigenvalue weighted by Crippen LogP contribution is 2.05. The van der Waals surface area contributed by atoms with Crippen LogP contribution in [0.15, 0.2) is 0 Å². The Labute approximate surface area is 63.8 Å². The van der Waals surface area contributed by atoms with E-state index in [0.29, 0.717) is 12.8 Å². The molecular formula is C6H10N2O3. The maximum atomic E-state index is 10.9. The average molecular weight is 158 g/mol. The smallest absolute Gasteiger partial charge is 0.244 e.